The lowest BCUT2D eigenvalue weighted by Gasteiger charge is -2.22. The van der Waals surface area contributed by atoms with Crippen molar-refractivity contribution >= 4 is 11.6 Å². The van der Waals surface area contributed by atoms with Gasteiger partial charge in [-0.2, -0.15) is 0 Å². The number of aryl methyl sites for hydroxylation is 1. The molecule has 1 aromatic rings. The Bertz CT molecular complexity index is 444. The Hall–Kier alpha value is -1.55. The summed E-state index contributed by atoms with van der Waals surface area (Å²) in [5.41, 5.74) is 3.16. The first-order chi connectivity index (χ1) is 8.72. The fourth-order valence-electron chi connectivity index (χ4n) is 2.15. The first-order valence-electron chi connectivity index (χ1n) is 6.48. The summed E-state index contributed by atoms with van der Waals surface area (Å²) in [6, 6.07) is 3.99. The quantitative estimate of drug-likeness (QED) is 0.782. The Morgan fingerprint density at radius 3 is 3.00 bits per heavy atom. The molecule has 4 nitrogen and oxygen atoms in total. The van der Waals surface area contributed by atoms with E-state index in [1.807, 2.05) is 19.1 Å². The van der Waals surface area contributed by atoms with Crippen molar-refractivity contribution in [1.29, 1.82) is 0 Å². The minimum absolute atomic E-state index is 0.0930. The van der Waals surface area contributed by atoms with E-state index in [-0.39, 0.29) is 5.91 Å². The fourth-order valence-corrected chi connectivity index (χ4v) is 2.15. The molecule has 0 aliphatic carbocycles. The van der Waals surface area contributed by atoms with Gasteiger partial charge in [0.25, 0.3) is 0 Å². The van der Waals surface area contributed by atoms with Crippen molar-refractivity contribution in [1.82, 2.24) is 5.32 Å². The highest BCUT2D eigenvalue weighted by molar-refractivity contribution is 5.95. The Morgan fingerprint density at radius 2 is 2.22 bits per heavy atom. The lowest BCUT2D eigenvalue weighted by atomic mass is 9.98. The molecule has 2 N–H and O–H groups in total. The van der Waals surface area contributed by atoms with Gasteiger partial charge in [-0.3, -0.25) is 4.79 Å². The summed E-state index contributed by atoms with van der Waals surface area (Å²) < 4.78 is 5.78. The smallest absolute Gasteiger partial charge is 0.224 e. The Morgan fingerprint density at radius 1 is 1.39 bits per heavy atom. The maximum atomic E-state index is 11.4. The molecule has 1 heterocycles. The van der Waals surface area contributed by atoms with Crippen LogP contribution in [0.15, 0.2) is 12.1 Å². The zero-order valence-electron chi connectivity index (χ0n) is 11.0. The van der Waals surface area contributed by atoms with Crippen molar-refractivity contribution in [3.05, 3.63) is 23.3 Å². The van der Waals surface area contributed by atoms with Crippen molar-refractivity contribution in [3.63, 3.8) is 0 Å². The number of amides is 1. The molecular weight excluding hydrogens is 228 g/mol. The van der Waals surface area contributed by atoms with Crippen molar-refractivity contribution in [2.24, 2.45) is 0 Å². The summed E-state index contributed by atoms with van der Waals surface area (Å²) in [5.74, 6) is 0.990. The Labute approximate surface area is 108 Å². The van der Waals surface area contributed by atoms with E-state index in [2.05, 4.69) is 17.6 Å². The van der Waals surface area contributed by atoms with Gasteiger partial charge in [-0.1, -0.05) is 13.0 Å². The Kier molecular flexibility index (Phi) is 4.20. The summed E-state index contributed by atoms with van der Waals surface area (Å²) in [4.78, 5) is 11.4. The first kappa shape index (κ1) is 12.9. The number of anilines is 1. The third kappa shape index (κ3) is 2.82. The summed E-state index contributed by atoms with van der Waals surface area (Å²) in [7, 11) is 0. The van der Waals surface area contributed by atoms with Gasteiger partial charge in [-0.25, -0.2) is 0 Å². The van der Waals surface area contributed by atoms with Gasteiger partial charge in [-0.15, -0.1) is 0 Å². The van der Waals surface area contributed by atoms with Crippen LogP contribution in [0.4, 0.5) is 5.69 Å². The van der Waals surface area contributed by atoms with E-state index in [4.69, 9.17) is 4.74 Å². The molecule has 0 bridgehead atoms. The summed E-state index contributed by atoms with van der Waals surface area (Å²) in [6.07, 6.45) is 1.30. The van der Waals surface area contributed by atoms with Crippen molar-refractivity contribution in [3.8, 4) is 5.75 Å². The van der Waals surface area contributed by atoms with Crippen molar-refractivity contribution in [2.75, 3.05) is 25.0 Å². The number of rotatable bonds is 5. The zero-order chi connectivity index (χ0) is 13.0. The zero-order valence-corrected chi connectivity index (χ0v) is 11.0. The second-order valence-electron chi connectivity index (χ2n) is 4.48. The van der Waals surface area contributed by atoms with E-state index < -0.39 is 0 Å². The molecular formula is C14H20N2O2. The number of carbonyl (C=O) groups excluding carboxylic acids is 1. The molecule has 1 aliphatic heterocycles. The van der Waals surface area contributed by atoms with Gasteiger partial charge in [0.15, 0.2) is 0 Å². The van der Waals surface area contributed by atoms with E-state index >= 15 is 0 Å². The van der Waals surface area contributed by atoms with Gasteiger partial charge in [-0.05, 0) is 31.5 Å². The topological polar surface area (TPSA) is 50.4 Å². The molecule has 0 radical (unpaired) electrons. The molecule has 1 amide bonds. The van der Waals surface area contributed by atoms with Crippen molar-refractivity contribution in [2.45, 2.75) is 26.7 Å². The Balaban J connectivity index is 2.12. The molecule has 1 aliphatic rings. The highest BCUT2D eigenvalue weighted by Gasteiger charge is 2.20. The minimum Gasteiger partial charge on any atom is -0.492 e. The highest BCUT2D eigenvalue weighted by atomic mass is 16.5. The molecule has 18 heavy (non-hydrogen) atoms. The van der Waals surface area contributed by atoms with E-state index in [0.29, 0.717) is 13.0 Å². The van der Waals surface area contributed by atoms with Crippen LogP contribution < -0.4 is 15.4 Å². The number of ether oxygens (including phenoxy) is 1. The molecule has 98 valence electrons. The normalized spacial score (nSPS) is 14.0. The standard InChI is InChI=1S/C14H20N2O2/c1-3-15-8-9-18-12-6-4-10(2)14-11(12)5-7-13(17)16-14/h4,6,15H,3,5,7-9H2,1-2H3,(H,16,17). The average molecular weight is 248 g/mol. The number of nitrogens with one attached hydrogen (secondary N) is 2. The molecule has 2 rings (SSSR count). The summed E-state index contributed by atoms with van der Waals surface area (Å²) in [6.45, 7) is 6.52. The molecule has 0 fully saturated rings. The van der Waals surface area contributed by atoms with Gasteiger partial charge in [0.2, 0.25) is 5.91 Å². The second-order valence-corrected chi connectivity index (χ2v) is 4.48. The van der Waals surface area contributed by atoms with Gasteiger partial charge >= 0.3 is 0 Å². The summed E-state index contributed by atoms with van der Waals surface area (Å²) >= 11 is 0. The van der Waals surface area contributed by atoms with E-state index in [1.165, 1.54) is 0 Å². The van der Waals surface area contributed by atoms with E-state index in [1.54, 1.807) is 0 Å². The molecule has 0 spiro atoms. The highest BCUT2D eigenvalue weighted by Crippen LogP contribution is 2.33. The van der Waals surface area contributed by atoms with Gasteiger partial charge < -0.3 is 15.4 Å². The van der Waals surface area contributed by atoms with Gasteiger partial charge in [0, 0.05) is 18.5 Å². The third-order valence-electron chi connectivity index (χ3n) is 3.13. The second kappa shape index (κ2) is 5.87. The SMILES string of the molecule is CCNCCOc1ccc(C)c2c1CCC(=O)N2. The number of benzene rings is 1. The molecule has 0 aromatic heterocycles. The first-order valence-corrected chi connectivity index (χ1v) is 6.48. The average Bonchev–Trinajstić information content (AvgIpc) is 2.37. The lowest BCUT2D eigenvalue weighted by molar-refractivity contribution is -0.116. The maximum Gasteiger partial charge on any atom is 0.224 e. The van der Waals surface area contributed by atoms with E-state index in [9.17, 15) is 4.79 Å². The number of carbonyl (C=O) groups is 1. The maximum absolute atomic E-state index is 11.4. The predicted molar refractivity (Wildman–Crippen MR) is 72.2 cm³/mol. The lowest BCUT2D eigenvalue weighted by Crippen LogP contribution is -2.23. The van der Waals surface area contributed by atoms with Crippen LogP contribution in [-0.4, -0.2) is 25.6 Å². The predicted octanol–water partition coefficient (Wildman–Crippen LogP) is 1.87. The van der Waals surface area contributed by atoms with Gasteiger partial charge in [0.1, 0.15) is 12.4 Å². The molecule has 1 aromatic carbocycles. The van der Waals surface area contributed by atoms with Crippen LogP contribution in [0.25, 0.3) is 0 Å². The fraction of sp³-hybridized carbons (Fsp3) is 0.500. The van der Waals surface area contributed by atoms with Crippen LogP contribution in [0, 0.1) is 6.92 Å². The van der Waals surface area contributed by atoms with Crippen LogP contribution in [0.2, 0.25) is 0 Å². The summed E-state index contributed by atoms with van der Waals surface area (Å²) in [5, 5.41) is 6.16. The van der Waals surface area contributed by atoms with Crippen LogP contribution in [-0.2, 0) is 11.2 Å². The van der Waals surface area contributed by atoms with Crippen LogP contribution in [0.5, 0.6) is 5.75 Å². The molecule has 0 saturated carbocycles. The van der Waals surface area contributed by atoms with Crippen LogP contribution >= 0.6 is 0 Å². The molecule has 4 heteroatoms. The number of fused-ring (bicyclic) bond motifs is 1. The van der Waals surface area contributed by atoms with Gasteiger partial charge in [0.05, 0.1) is 5.69 Å². The largest absolute Gasteiger partial charge is 0.492 e. The minimum atomic E-state index is 0.0930. The molecule has 0 saturated heterocycles. The third-order valence-corrected chi connectivity index (χ3v) is 3.13. The monoisotopic (exact) mass is 248 g/mol. The van der Waals surface area contributed by atoms with Crippen LogP contribution in [0.3, 0.4) is 0 Å². The number of hydrogen-bond donors (Lipinski definition) is 2. The molecule has 0 atom stereocenters. The van der Waals surface area contributed by atoms with Crippen LogP contribution in [0.1, 0.15) is 24.5 Å². The van der Waals surface area contributed by atoms with Crippen molar-refractivity contribution < 1.29 is 9.53 Å². The number of hydrogen-bond acceptors (Lipinski definition) is 3. The number of likely N-dealkylation sites (N-methyl/N-ethyl adjacent to an activating group) is 1. The molecule has 0 unspecified atom stereocenters. The van der Waals surface area contributed by atoms with E-state index in [0.717, 1.165) is 42.1 Å².